The molecule has 1 aromatic rings. The molecule has 1 rings (SSSR count). The number of halogens is 1. The minimum atomic E-state index is 0.350. The average molecular weight is 308 g/mol. The SMILES string of the molecule is CNC(CCOCCOC)c1cscc1Br. The predicted octanol–water partition coefficient (Wildman–Crippen LogP) is 2.82. The first-order valence-corrected chi connectivity index (χ1v) is 6.98. The van der Waals surface area contributed by atoms with Crippen molar-refractivity contribution in [2.24, 2.45) is 0 Å². The predicted molar refractivity (Wildman–Crippen MR) is 71.1 cm³/mol. The Bertz CT molecular complexity index is 293. The van der Waals surface area contributed by atoms with E-state index >= 15 is 0 Å². The summed E-state index contributed by atoms with van der Waals surface area (Å²) in [6, 6.07) is 0.350. The van der Waals surface area contributed by atoms with Crippen molar-refractivity contribution in [3.05, 3.63) is 20.8 Å². The highest BCUT2D eigenvalue weighted by molar-refractivity contribution is 9.10. The molecule has 0 aliphatic rings. The lowest BCUT2D eigenvalue weighted by atomic mass is 10.1. The smallest absolute Gasteiger partial charge is 0.0700 e. The molecule has 5 heteroatoms. The molecular weight excluding hydrogens is 290 g/mol. The summed E-state index contributed by atoms with van der Waals surface area (Å²) in [6.07, 6.45) is 0.968. The van der Waals surface area contributed by atoms with Crippen LogP contribution in [0.15, 0.2) is 15.2 Å². The van der Waals surface area contributed by atoms with E-state index in [0.29, 0.717) is 19.3 Å². The van der Waals surface area contributed by atoms with Gasteiger partial charge in [-0.25, -0.2) is 0 Å². The average Bonchev–Trinajstić information content (AvgIpc) is 2.70. The molecule has 0 amide bonds. The number of ether oxygens (including phenoxy) is 2. The number of thiophene rings is 1. The Balaban J connectivity index is 2.30. The summed E-state index contributed by atoms with van der Waals surface area (Å²) < 4.78 is 11.6. The van der Waals surface area contributed by atoms with Crippen LogP contribution in [0.25, 0.3) is 0 Å². The van der Waals surface area contributed by atoms with Crippen molar-refractivity contribution in [1.82, 2.24) is 5.32 Å². The molecule has 92 valence electrons. The van der Waals surface area contributed by atoms with Crippen LogP contribution in [0.5, 0.6) is 0 Å². The van der Waals surface area contributed by atoms with Gasteiger partial charge in [0.1, 0.15) is 0 Å². The molecule has 3 nitrogen and oxygen atoms in total. The van der Waals surface area contributed by atoms with Gasteiger partial charge in [0.05, 0.1) is 13.2 Å². The van der Waals surface area contributed by atoms with Crippen molar-refractivity contribution >= 4 is 27.3 Å². The topological polar surface area (TPSA) is 30.5 Å². The van der Waals surface area contributed by atoms with Crippen LogP contribution in [0.3, 0.4) is 0 Å². The van der Waals surface area contributed by atoms with Gasteiger partial charge < -0.3 is 14.8 Å². The molecule has 0 aliphatic carbocycles. The zero-order valence-corrected chi connectivity index (χ0v) is 12.1. The zero-order chi connectivity index (χ0) is 11.8. The summed E-state index contributed by atoms with van der Waals surface area (Å²) in [5, 5.41) is 7.57. The molecule has 0 saturated carbocycles. The van der Waals surface area contributed by atoms with E-state index in [1.54, 1.807) is 18.4 Å². The standard InChI is InChI=1S/C11H18BrNO2S/c1-13-11(3-4-15-6-5-14-2)9-7-16-8-10(9)12/h7-8,11,13H,3-6H2,1-2H3. The zero-order valence-electron chi connectivity index (χ0n) is 9.66. The van der Waals surface area contributed by atoms with Crippen molar-refractivity contribution in [1.29, 1.82) is 0 Å². The molecule has 1 atom stereocenters. The minimum Gasteiger partial charge on any atom is -0.382 e. The molecule has 1 unspecified atom stereocenters. The van der Waals surface area contributed by atoms with Gasteiger partial charge in [0.25, 0.3) is 0 Å². The lowest BCUT2D eigenvalue weighted by molar-refractivity contribution is 0.0660. The van der Waals surface area contributed by atoms with Crippen molar-refractivity contribution in [2.75, 3.05) is 34.0 Å². The molecule has 1 N–H and O–H groups in total. The minimum absolute atomic E-state index is 0.350. The van der Waals surface area contributed by atoms with Crippen molar-refractivity contribution in [3.8, 4) is 0 Å². The number of nitrogens with one attached hydrogen (secondary N) is 1. The summed E-state index contributed by atoms with van der Waals surface area (Å²) >= 11 is 5.26. The van der Waals surface area contributed by atoms with Gasteiger partial charge in [0.2, 0.25) is 0 Å². The number of hydrogen-bond donors (Lipinski definition) is 1. The Morgan fingerprint density at radius 3 is 2.75 bits per heavy atom. The lowest BCUT2D eigenvalue weighted by Crippen LogP contribution is -2.18. The molecule has 0 radical (unpaired) electrons. The van der Waals surface area contributed by atoms with Crippen molar-refractivity contribution in [2.45, 2.75) is 12.5 Å². The fourth-order valence-corrected chi connectivity index (χ4v) is 3.07. The highest BCUT2D eigenvalue weighted by Crippen LogP contribution is 2.28. The van der Waals surface area contributed by atoms with E-state index in [4.69, 9.17) is 9.47 Å². The third-order valence-electron chi connectivity index (χ3n) is 2.35. The first kappa shape index (κ1) is 14.1. The monoisotopic (exact) mass is 307 g/mol. The van der Waals surface area contributed by atoms with Gasteiger partial charge in [-0.3, -0.25) is 0 Å². The number of methoxy groups -OCH3 is 1. The Morgan fingerprint density at radius 1 is 1.38 bits per heavy atom. The van der Waals surface area contributed by atoms with Crippen LogP contribution in [0.1, 0.15) is 18.0 Å². The fourth-order valence-electron chi connectivity index (χ4n) is 1.44. The molecule has 1 heterocycles. The molecule has 0 aliphatic heterocycles. The molecule has 16 heavy (non-hydrogen) atoms. The van der Waals surface area contributed by atoms with Crippen molar-refractivity contribution < 1.29 is 9.47 Å². The third-order valence-corrected chi connectivity index (χ3v) is 4.10. The van der Waals surface area contributed by atoms with Gasteiger partial charge in [0.15, 0.2) is 0 Å². The third kappa shape index (κ3) is 4.51. The number of hydrogen-bond acceptors (Lipinski definition) is 4. The van der Waals surface area contributed by atoms with E-state index in [0.717, 1.165) is 13.0 Å². The first-order chi connectivity index (χ1) is 7.79. The van der Waals surface area contributed by atoms with E-state index in [9.17, 15) is 0 Å². The van der Waals surface area contributed by atoms with Crippen LogP contribution in [-0.4, -0.2) is 34.0 Å². The second kappa shape index (κ2) is 8.20. The molecule has 0 bridgehead atoms. The Labute approximate surface area is 109 Å². The van der Waals surface area contributed by atoms with Crippen LogP contribution in [0, 0.1) is 0 Å². The molecule has 0 saturated heterocycles. The quantitative estimate of drug-likeness (QED) is 0.749. The number of rotatable bonds is 8. The fraction of sp³-hybridized carbons (Fsp3) is 0.636. The van der Waals surface area contributed by atoms with E-state index in [1.807, 2.05) is 7.05 Å². The lowest BCUT2D eigenvalue weighted by Gasteiger charge is -2.15. The normalized spacial score (nSPS) is 12.9. The van der Waals surface area contributed by atoms with Crippen LogP contribution in [0.2, 0.25) is 0 Å². The molecule has 0 fully saturated rings. The van der Waals surface area contributed by atoms with E-state index in [2.05, 4.69) is 32.0 Å². The molecular formula is C11H18BrNO2S. The van der Waals surface area contributed by atoms with Gasteiger partial charge in [0, 0.05) is 29.6 Å². The summed E-state index contributed by atoms with van der Waals surface area (Å²) in [5.74, 6) is 0. The highest BCUT2D eigenvalue weighted by Gasteiger charge is 2.12. The molecule has 0 spiro atoms. The highest BCUT2D eigenvalue weighted by atomic mass is 79.9. The first-order valence-electron chi connectivity index (χ1n) is 5.25. The van der Waals surface area contributed by atoms with Crippen LogP contribution < -0.4 is 5.32 Å². The maximum absolute atomic E-state index is 5.47. The summed E-state index contributed by atoms with van der Waals surface area (Å²) in [7, 11) is 3.66. The van der Waals surface area contributed by atoms with E-state index in [-0.39, 0.29) is 0 Å². The summed E-state index contributed by atoms with van der Waals surface area (Å²) in [5.41, 5.74) is 1.31. The maximum atomic E-state index is 5.47. The van der Waals surface area contributed by atoms with E-state index in [1.165, 1.54) is 10.0 Å². The van der Waals surface area contributed by atoms with Gasteiger partial charge >= 0.3 is 0 Å². The second-order valence-electron chi connectivity index (χ2n) is 3.41. The Morgan fingerprint density at radius 2 is 2.19 bits per heavy atom. The molecule has 1 aromatic heterocycles. The van der Waals surface area contributed by atoms with Gasteiger partial charge in [-0.2, -0.15) is 11.3 Å². The van der Waals surface area contributed by atoms with E-state index < -0.39 is 0 Å². The second-order valence-corrected chi connectivity index (χ2v) is 5.01. The van der Waals surface area contributed by atoms with Crippen LogP contribution in [-0.2, 0) is 9.47 Å². The largest absolute Gasteiger partial charge is 0.382 e. The van der Waals surface area contributed by atoms with Crippen LogP contribution in [0.4, 0.5) is 0 Å². The van der Waals surface area contributed by atoms with Gasteiger partial charge in [-0.15, -0.1) is 0 Å². The van der Waals surface area contributed by atoms with Crippen LogP contribution >= 0.6 is 27.3 Å². The Hall–Kier alpha value is 0.0600. The van der Waals surface area contributed by atoms with Gasteiger partial charge in [-0.05, 0) is 40.3 Å². The summed E-state index contributed by atoms with van der Waals surface area (Å²) in [6.45, 7) is 2.07. The summed E-state index contributed by atoms with van der Waals surface area (Å²) in [4.78, 5) is 0. The van der Waals surface area contributed by atoms with Crippen molar-refractivity contribution in [3.63, 3.8) is 0 Å². The molecule has 0 aromatic carbocycles. The maximum Gasteiger partial charge on any atom is 0.0700 e. The van der Waals surface area contributed by atoms with Gasteiger partial charge in [-0.1, -0.05) is 0 Å². The Kier molecular flexibility index (Phi) is 7.23.